The highest BCUT2D eigenvalue weighted by Crippen LogP contribution is 2.36. The molecule has 1 amide bonds. The SMILES string of the molecule is CC(=O)c1cn2c(c(OCc3ccccc3)c1=O)C(=O)N1CCCO[C@H]1[C@@H]2Cc1ccccc1. The van der Waals surface area contributed by atoms with E-state index in [2.05, 4.69) is 0 Å². The first-order chi connectivity index (χ1) is 16.5. The average Bonchev–Trinajstić information content (AvgIpc) is 2.86. The van der Waals surface area contributed by atoms with E-state index in [4.69, 9.17) is 9.47 Å². The number of carbonyl (C=O) groups is 2. The minimum Gasteiger partial charge on any atom is -0.483 e. The lowest BCUT2D eigenvalue weighted by molar-refractivity contribution is -0.111. The van der Waals surface area contributed by atoms with Gasteiger partial charge in [0.2, 0.25) is 5.43 Å². The van der Waals surface area contributed by atoms with Crippen molar-refractivity contribution in [2.75, 3.05) is 13.2 Å². The minimum atomic E-state index is -0.558. The number of hydrogen-bond acceptors (Lipinski definition) is 5. The molecule has 0 aliphatic carbocycles. The second kappa shape index (κ2) is 9.27. The molecule has 0 radical (unpaired) electrons. The van der Waals surface area contributed by atoms with Crippen LogP contribution in [0, 0.1) is 0 Å². The average molecular weight is 459 g/mol. The summed E-state index contributed by atoms with van der Waals surface area (Å²) in [6, 6.07) is 19.0. The molecule has 0 unspecified atom stereocenters. The Morgan fingerprint density at radius 3 is 2.38 bits per heavy atom. The van der Waals surface area contributed by atoms with E-state index in [9.17, 15) is 14.4 Å². The van der Waals surface area contributed by atoms with E-state index in [0.717, 1.165) is 17.5 Å². The van der Waals surface area contributed by atoms with E-state index < -0.39 is 11.7 Å². The van der Waals surface area contributed by atoms with Gasteiger partial charge in [-0.25, -0.2) is 0 Å². The standard InChI is InChI=1S/C27H26N2O5/c1-18(30)21-16-29-22(15-19-9-4-2-5-10-19)27-28(13-8-14-33-27)26(32)23(29)25(24(21)31)34-17-20-11-6-3-7-12-20/h2-7,9-12,16,22,27H,8,13-15,17H2,1H3/t22-,27-/m0/s1. The van der Waals surface area contributed by atoms with E-state index in [-0.39, 0.29) is 41.3 Å². The lowest BCUT2D eigenvalue weighted by atomic mass is 9.98. The van der Waals surface area contributed by atoms with Crippen LogP contribution in [0.2, 0.25) is 0 Å². The van der Waals surface area contributed by atoms with Crippen molar-refractivity contribution in [2.24, 2.45) is 0 Å². The Kier molecular flexibility index (Phi) is 6.02. The molecule has 0 spiro atoms. The molecule has 2 aliphatic heterocycles. The van der Waals surface area contributed by atoms with Gasteiger partial charge >= 0.3 is 0 Å². The maximum atomic E-state index is 13.6. The summed E-state index contributed by atoms with van der Waals surface area (Å²) < 4.78 is 13.8. The number of nitrogens with zero attached hydrogens (tertiary/aromatic N) is 2. The number of aromatic nitrogens is 1. The van der Waals surface area contributed by atoms with Crippen LogP contribution in [0.15, 0.2) is 71.7 Å². The number of amides is 1. The number of ether oxygens (including phenoxy) is 2. The molecule has 0 saturated carbocycles. The monoisotopic (exact) mass is 458 g/mol. The quantitative estimate of drug-likeness (QED) is 0.528. The van der Waals surface area contributed by atoms with Gasteiger partial charge in [0, 0.05) is 12.7 Å². The van der Waals surface area contributed by atoms with Crippen LogP contribution >= 0.6 is 0 Å². The van der Waals surface area contributed by atoms with Crippen molar-refractivity contribution in [1.82, 2.24) is 9.47 Å². The lowest BCUT2D eigenvalue weighted by Gasteiger charge is -2.45. The zero-order valence-corrected chi connectivity index (χ0v) is 19.0. The van der Waals surface area contributed by atoms with Gasteiger partial charge in [-0.05, 0) is 30.9 Å². The topological polar surface area (TPSA) is 77.8 Å². The predicted molar refractivity (Wildman–Crippen MR) is 126 cm³/mol. The van der Waals surface area contributed by atoms with Gasteiger partial charge in [0.15, 0.2) is 23.5 Å². The highest BCUT2D eigenvalue weighted by atomic mass is 16.5. The van der Waals surface area contributed by atoms with Crippen molar-refractivity contribution < 1.29 is 19.1 Å². The summed E-state index contributed by atoms with van der Waals surface area (Å²) in [4.78, 5) is 41.1. The smallest absolute Gasteiger partial charge is 0.276 e. The van der Waals surface area contributed by atoms with Crippen LogP contribution in [0.3, 0.4) is 0 Å². The normalized spacial score (nSPS) is 19.3. The van der Waals surface area contributed by atoms with Crippen LogP contribution in [-0.4, -0.2) is 40.5 Å². The van der Waals surface area contributed by atoms with Crippen molar-refractivity contribution in [3.63, 3.8) is 0 Å². The fraction of sp³-hybridized carbons (Fsp3) is 0.296. The Labute approximate surface area is 197 Å². The van der Waals surface area contributed by atoms with Crippen molar-refractivity contribution >= 4 is 11.7 Å². The highest BCUT2D eigenvalue weighted by molar-refractivity contribution is 5.99. The molecule has 0 N–H and O–H groups in total. The summed E-state index contributed by atoms with van der Waals surface area (Å²) in [5.41, 5.74) is 1.54. The van der Waals surface area contributed by atoms with Crippen LogP contribution in [0.1, 0.15) is 51.4 Å². The van der Waals surface area contributed by atoms with E-state index in [1.54, 1.807) is 9.47 Å². The van der Waals surface area contributed by atoms with E-state index >= 15 is 0 Å². The van der Waals surface area contributed by atoms with Gasteiger partial charge in [0.05, 0.1) is 18.2 Å². The molecule has 3 aromatic rings. The van der Waals surface area contributed by atoms with Gasteiger partial charge in [-0.3, -0.25) is 14.4 Å². The molecule has 2 aliphatic rings. The van der Waals surface area contributed by atoms with Gasteiger partial charge < -0.3 is 18.9 Å². The van der Waals surface area contributed by atoms with Crippen LogP contribution in [0.25, 0.3) is 0 Å². The van der Waals surface area contributed by atoms with Crippen LogP contribution in [0.5, 0.6) is 5.75 Å². The number of Topliss-reactive ketones (excluding diaryl/α,β-unsaturated/α-hetero) is 1. The fourth-order valence-corrected chi connectivity index (χ4v) is 4.71. The Balaban J connectivity index is 1.66. The van der Waals surface area contributed by atoms with E-state index in [1.165, 1.54) is 13.1 Å². The third-order valence-electron chi connectivity index (χ3n) is 6.37. The molecule has 7 nitrogen and oxygen atoms in total. The first kappa shape index (κ1) is 22.1. The van der Waals surface area contributed by atoms with Gasteiger partial charge in [-0.1, -0.05) is 60.7 Å². The maximum Gasteiger partial charge on any atom is 0.276 e. The largest absolute Gasteiger partial charge is 0.483 e. The maximum absolute atomic E-state index is 13.6. The summed E-state index contributed by atoms with van der Waals surface area (Å²) in [7, 11) is 0. The molecule has 0 bridgehead atoms. The number of fused-ring (bicyclic) bond motifs is 2. The second-order valence-electron chi connectivity index (χ2n) is 8.66. The second-order valence-corrected chi connectivity index (χ2v) is 8.66. The molecule has 2 atom stereocenters. The van der Waals surface area contributed by atoms with E-state index in [1.807, 2.05) is 60.7 Å². The number of ketones is 1. The molecular formula is C27H26N2O5. The third-order valence-corrected chi connectivity index (χ3v) is 6.37. The number of hydrogen-bond donors (Lipinski definition) is 0. The molecule has 7 heteroatoms. The number of rotatable bonds is 6. The number of carbonyl (C=O) groups excluding carboxylic acids is 2. The highest BCUT2D eigenvalue weighted by Gasteiger charge is 2.44. The summed E-state index contributed by atoms with van der Waals surface area (Å²) in [5.74, 6) is -0.768. The molecule has 174 valence electrons. The summed E-state index contributed by atoms with van der Waals surface area (Å²) in [5, 5.41) is 0. The third kappa shape index (κ3) is 4.03. The van der Waals surface area contributed by atoms with Crippen molar-refractivity contribution in [3.05, 3.63) is 99.5 Å². The lowest BCUT2D eigenvalue weighted by Crippen LogP contribution is -2.56. The fourth-order valence-electron chi connectivity index (χ4n) is 4.71. The van der Waals surface area contributed by atoms with Gasteiger partial charge in [0.25, 0.3) is 5.91 Å². The molecule has 1 saturated heterocycles. The number of benzene rings is 2. The van der Waals surface area contributed by atoms with Gasteiger partial charge in [0.1, 0.15) is 6.61 Å². The first-order valence-corrected chi connectivity index (χ1v) is 11.5. The van der Waals surface area contributed by atoms with Crippen LogP contribution < -0.4 is 10.2 Å². The van der Waals surface area contributed by atoms with E-state index in [0.29, 0.717) is 19.6 Å². The van der Waals surface area contributed by atoms with Crippen molar-refractivity contribution in [2.45, 2.75) is 38.6 Å². The Morgan fingerprint density at radius 2 is 1.71 bits per heavy atom. The Hall–Kier alpha value is -3.71. The minimum absolute atomic E-state index is 0.00179. The van der Waals surface area contributed by atoms with Crippen molar-refractivity contribution in [3.8, 4) is 5.75 Å². The van der Waals surface area contributed by atoms with Crippen LogP contribution in [-0.2, 0) is 17.8 Å². The molecule has 34 heavy (non-hydrogen) atoms. The zero-order valence-electron chi connectivity index (χ0n) is 19.0. The van der Waals surface area contributed by atoms with Gasteiger partial charge in [-0.15, -0.1) is 0 Å². The van der Waals surface area contributed by atoms with Gasteiger partial charge in [-0.2, -0.15) is 0 Å². The molecule has 2 aromatic carbocycles. The molecule has 1 fully saturated rings. The molecule has 3 heterocycles. The predicted octanol–water partition coefficient (Wildman–Crippen LogP) is 3.62. The first-order valence-electron chi connectivity index (χ1n) is 11.5. The number of pyridine rings is 1. The molecule has 5 rings (SSSR count). The molecule has 1 aromatic heterocycles. The molecular weight excluding hydrogens is 432 g/mol. The summed E-state index contributed by atoms with van der Waals surface area (Å²) >= 11 is 0. The Morgan fingerprint density at radius 1 is 1.03 bits per heavy atom. The summed E-state index contributed by atoms with van der Waals surface area (Å²) in [6.45, 7) is 2.55. The zero-order chi connectivity index (χ0) is 23.7. The summed E-state index contributed by atoms with van der Waals surface area (Å²) in [6.07, 6.45) is 2.31. The van der Waals surface area contributed by atoms with Crippen LogP contribution in [0.4, 0.5) is 0 Å². The van der Waals surface area contributed by atoms with Crippen molar-refractivity contribution in [1.29, 1.82) is 0 Å². The Bertz CT molecular complexity index is 1270.